The predicted octanol–water partition coefficient (Wildman–Crippen LogP) is 4.41. The van der Waals surface area contributed by atoms with Gasteiger partial charge in [-0.3, -0.25) is 14.2 Å². The van der Waals surface area contributed by atoms with Crippen molar-refractivity contribution >= 4 is 40.2 Å². The van der Waals surface area contributed by atoms with Crippen molar-refractivity contribution in [3.8, 4) is 0 Å². The van der Waals surface area contributed by atoms with Crippen molar-refractivity contribution in [2.75, 3.05) is 0 Å². The molecule has 1 unspecified atom stereocenters. The second-order valence-electron chi connectivity index (χ2n) is 7.01. The van der Waals surface area contributed by atoms with E-state index in [0.717, 1.165) is 12.0 Å². The number of amides is 1. The van der Waals surface area contributed by atoms with E-state index in [4.69, 9.17) is 17.3 Å². The Bertz CT molecular complexity index is 1050. The van der Waals surface area contributed by atoms with Gasteiger partial charge in [0.05, 0.1) is 10.9 Å². The Labute approximate surface area is 172 Å². The summed E-state index contributed by atoms with van der Waals surface area (Å²) in [7, 11) is 0. The van der Waals surface area contributed by atoms with Crippen molar-refractivity contribution in [2.24, 2.45) is 11.7 Å². The molecule has 3 aromatic rings. The van der Waals surface area contributed by atoms with Gasteiger partial charge in [0.1, 0.15) is 5.25 Å². The molecule has 5 nitrogen and oxygen atoms in total. The van der Waals surface area contributed by atoms with Crippen LogP contribution in [0, 0.1) is 5.92 Å². The molecule has 1 aromatic heterocycles. The van der Waals surface area contributed by atoms with E-state index in [9.17, 15) is 9.59 Å². The summed E-state index contributed by atoms with van der Waals surface area (Å²) >= 11 is 7.29. The number of rotatable bonds is 7. The number of nitrogens with two attached hydrogens (primary N) is 1. The number of primary amides is 1. The molecule has 1 amide bonds. The number of carbonyl (C=O) groups excluding carboxylic acids is 1. The lowest BCUT2D eigenvalue weighted by atomic mass is 10.1. The van der Waals surface area contributed by atoms with E-state index < -0.39 is 11.2 Å². The molecule has 0 aliphatic rings. The van der Waals surface area contributed by atoms with E-state index in [1.807, 2.05) is 30.3 Å². The highest BCUT2D eigenvalue weighted by Gasteiger charge is 2.23. The SMILES string of the molecule is CC(C)CCn1c(SC(C(N)=O)c2ccccc2)nc2cc(Cl)ccc2c1=O. The first-order valence-electron chi connectivity index (χ1n) is 9.08. The van der Waals surface area contributed by atoms with E-state index in [1.54, 1.807) is 22.8 Å². The van der Waals surface area contributed by atoms with Gasteiger partial charge >= 0.3 is 0 Å². The first-order valence-corrected chi connectivity index (χ1v) is 10.3. The Balaban J connectivity index is 2.12. The van der Waals surface area contributed by atoms with E-state index in [1.165, 1.54) is 11.8 Å². The molecule has 7 heteroatoms. The highest BCUT2D eigenvalue weighted by Crippen LogP contribution is 2.34. The third kappa shape index (κ3) is 4.56. The molecule has 0 aliphatic carbocycles. The smallest absolute Gasteiger partial charge is 0.262 e. The molecule has 2 N–H and O–H groups in total. The Morgan fingerprint density at radius 3 is 2.57 bits per heavy atom. The van der Waals surface area contributed by atoms with Crippen LogP contribution in [0.4, 0.5) is 0 Å². The number of nitrogens with zero attached hydrogens (tertiary/aromatic N) is 2. The third-order valence-electron chi connectivity index (χ3n) is 4.40. The van der Waals surface area contributed by atoms with Gasteiger partial charge in [0, 0.05) is 11.6 Å². The molecule has 0 fully saturated rings. The second-order valence-corrected chi connectivity index (χ2v) is 8.51. The van der Waals surface area contributed by atoms with Crippen LogP contribution in [0.3, 0.4) is 0 Å². The summed E-state index contributed by atoms with van der Waals surface area (Å²) in [6.45, 7) is 4.72. The molecule has 0 spiro atoms. The molecular formula is C21H22ClN3O2S. The zero-order chi connectivity index (χ0) is 20.3. The van der Waals surface area contributed by atoms with Crippen LogP contribution >= 0.6 is 23.4 Å². The van der Waals surface area contributed by atoms with Gasteiger partial charge in [-0.15, -0.1) is 0 Å². The molecule has 1 heterocycles. The zero-order valence-electron chi connectivity index (χ0n) is 15.8. The molecule has 0 bridgehead atoms. The van der Waals surface area contributed by atoms with E-state index in [0.29, 0.717) is 33.5 Å². The van der Waals surface area contributed by atoms with Crippen LogP contribution in [-0.4, -0.2) is 15.5 Å². The van der Waals surface area contributed by atoms with Crippen LogP contribution in [0.25, 0.3) is 10.9 Å². The molecule has 1 atom stereocenters. The van der Waals surface area contributed by atoms with E-state index in [2.05, 4.69) is 18.8 Å². The first kappa shape index (κ1) is 20.4. The summed E-state index contributed by atoms with van der Waals surface area (Å²) in [5.41, 5.74) is 6.81. The average Bonchev–Trinajstić information content (AvgIpc) is 2.65. The fraction of sp³-hybridized carbons (Fsp3) is 0.286. The molecule has 28 heavy (non-hydrogen) atoms. The van der Waals surface area contributed by atoms with Crippen molar-refractivity contribution in [2.45, 2.75) is 37.2 Å². The minimum absolute atomic E-state index is 0.138. The van der Waals surface area contributed by atoms with Gasteiger partial charge in [0.2, 0.25) is 5.91 Å². The summed E-state index contributed by atoms with van der Waals surface area (Å²) in [5, 5.41) is 0.834. The maximum absolute atomic E-state index is 13.1. The second kappa shape index (κ2) is 8.80. The standard InChI is InChI=1S/C21H22ClN3O2S/c1-13(2)10-11-25-20(27)16-9-8-15(22)12-17(16)24-21(25)28-18(19(23)26)14-6-4-3-5-7-14/h3-9,12-13,18H,10-11H2,1-2H3,(H2,23,26). The van der Waals surface area contributed by atoms with Crippen LogP contribution in [0.1, 0.15) is 31.1 Å². The normalized spacial score (nSPS) is 12.4. The minimum atomic E-state index is -0.643. The summed E-state index contributed by atoms with van der Waals surface area (Å²) in [6.07, 6.45) is 0.820. The minimum Gasteiger partial charge on any atom is -0.368 e. The molecule has 0 saturated heterocycles. The Hall–Kier alpha value is -2.31. The van der Waals surface area contributed by atoms with E-state index >= 15 is 0 Å². The quantitative estimate of drug-likeness (QED) is 0.457. The lowest BCUT2D eigenvalue weighted by molar-refractivity contribution is -0.117. The first-order chi connectivity index (χ1) is 13.4. The van der Waals surface area contributed by atoms with Crippen molar-refractivity contribution in [3.05, 3.63) is 69.5 Å². The van der Waals surface area contributed by atoms with Crippen molar-refractivity contribution in [3.63, 3.8) is 0 Å². The van der Waals surface area contributed by atoms with Crippen molar-refractivity contribution in [1.29, 1.82) is 0 Å². The number of benzene rings is 2. The highest BCUT2D eigenvalue weighted by molar-refractivity contribution is 8.00. The van der Waals surface area contributed by atoms with Gasteiger partial charge < -0.3 is 5.73 Å². The number of halogens is 1. The van der Waals surface area contributed by atoms with Crippen LogP contribution in [-0.2, 0) is 11.3 Å². The molecular weight excluding hydrogens is 394 g/mol. The summed E-state index contributed by atoms with van der Waals surface area (Å²) in [4.78, 5) is 29.9. The Morgan fingerprint density at radius 1 is 1.21 bits per heavy atom. The summed E-state index contributed by atoms with van der Waals surface area (Å²) in [5.74, 6) is -0.0567. The zero-order valence-corrected chi connectivity index (χ0v) is 17.3. The van der Waals surface area contributed by atoms with Gasteiger partial charge in [-0.2, -0.15) is 0 Å². The molecule has 0 saturated carbocycles. The van der Waals surface area contributed by atoms with Crippen LogP contribution < -0.4 is 11.3 Å². The number of thioether (sulfide) groups is 1. The maximum Gasteiger partial charge on any atom is 0.262 e. The molecule has 0 radical (unpaired) electrons. The van der Waals surface area contributed by atoms with Gasteiger partial charge in [-0.1, -0.05) is 67.5 Å². The van der Waals surface area contributed by atoms with Crippen LogP contribution in [0.2, 0.25) is 5.02 Å². The highest BCUT2D eigenvalue weighted by atomic mass is 35.5. The monoisotopic (exact) mass is 415 g/mol. The molecule has 2 aromatic carbocycles. The van der Waals surface area contributed by atoms with Gasteiger partial charge in [0.15, 0.2) is 5.16 Å². The predicted molar refractivity (Wildman–Crippen MR) is 115 cm³/mol. The van der Waals surface area contributed by atoms with E-state index in [-0.39, 0.29) is 5.56 Å². The lowest BCUT2D eigenvalue weighted by Crippen LogP contribution is -2.26. The molecule has 0 aliphatic heterocycles. The number of carbonyl (C=O) groups is 1. The number of fused-ring (bicyclic) bond motifs is 1. The third-order valence-corrected chi connectivity index (χ3v) is 5.89. The van der Waals surface area contributed by atoms with Gasteiger partial charge in [-0.05, 0) is 36.1 Å². The summed E-state index contributed by atoms with van der Waals surface area (Å²) < 4.78 is 1.64. The topological polar surface area (TPSA) is 78.0 Å². The Morgan fingerprint density at radius 2 is 1.93 bits per heavy atom. The number of hydrogen-bond acceptors (Lipinski definition) is 4. The van der Waals surface area contributed by atoms with Gasteiger partial charge in [-0.25, -0.2) is 4.98 Å². The maximum atomic E-state index is 13.1. The lowest BCUT2D eigenvalue weighted by Gasteiger charge is -2.18. The fourth-order valence-electron chi connectivity index (χ4n) is 2.87. The average molecular weight is 416 g/mol. The largest absolute Gasteiger partial charge is 0.368 e. The summed E-state index contributed by atoms with van der Waals surface area (Å²) in [6, 6.07) is 14.3. The van der Waals surface area contributed by atoms with Crippen LogP contribution in [0.15, 0.2) is 58.5 Å². The Kier molecular flexibility index (Phi) is 6.42. The molecule has 3 rings (SSSR count). The number of aromatic nitrogens is 2. The van der Waals surface area contributed by atoms with Gasteiger partial charge in [0.25, 0.3) is 5.56 Å². The van der Waals surface area contributed by atoms with Crippen molar-refractivity contribution in [1.82, 2.24) is 9.55 Å². The molecule has 146 valence electrons. The fourth-order valence-corrected chi connectivity index (χ4v) is 4.11. The number of hydrogen-bond donors (Lipinski definition) is 1. The van der Waals surface area contributed by atoms with Crippen molar-refractivity contribution < 1.29 is 4.79 Å². The van der Waals surface area contributed by atoms with Crippen LogP contribution in [0.5, 0.6) is 0 Å².